The van der Waals surface area contributed by atoms with Crippen LogP contribution in [0.25, 0.3) is 0 Å². The molecule has 1 N–H and O–H groups in total. The number of carboxylic acid groups (broad SMARTS) is 1. The summed E-state index contributed by atoms with van der Waals surface area (Å²) in [5, 5.41) is 25.7. The predicted octanol–water partition coefficient (Wildman–Crippen LogP) is 1.23. The summed E-state index contributed by atoms with van der Waals surface area (Å²) >= 11 is 0. The molecule has 1 aromatic rings. The second-order valence-corrected chi connectivity index (χ2v) is 2.94. The number of Topliss-reactive ketones (excluding diaryl/α,β-unsaturated/α-hetero) is 1. The van der Waals surface area contributed by atoms with Crippen LogP contribution >= 0.6 is 0 Å². The first-order chi connectivity index (χ1) is 7.60. The Balaban J connectivity index is 3.00. The van der Waals surface area contributed by atoms with Crippen LogP contribution in [0.2, 0.25) is 0 Å². The zero-order chi connectivity index (χ0) is 12.1. The summed E-state index contributed by atoms with van der Waals surface area (Å²) in [4.78, 5) is 22.0. The Morgan fingerprint density at radius 2 is 1.50 bits per heavy atom. The number of rotatable bonds is 3. The van der Waals surface area contributed by atoms with E-state index in [1.54, 1.807) is 12.1 Å². The van der Waals surface area contributed by atoms with Gasteiger partial charge in [-0.05, 0) is 12.1 Å². The normalized spacial score (nSPS) is 9.19. The first-order valence-electron chi connectivity index (χ1n) is 4.27. The first-order valence-corrected chi connectivity index (χ1v) is 4.27. The van der Waals surface area contributed by atoms with Gasteiger partial charge in [0, 0.05) is 5.56 Å². The van der Waals surface area contributed by atoms with Gasteiger partial charge in [0.15, 0.2) is 11.7 Å². The second kappa shape index (κ2) is 4.72. The van der Waals surface area contributed by atoms with Crippen molar-refractivity contribution in [2.75, 3.05) is 0 Å². The van der Waals surface area contributed by atoms with Crippen molar-refractivity contribution in [2.45, 2.75) is 0 Å². The highest BCUT2D eigenvalue weighted by Gasteiger charge is 2.18. The molecule has 5 heteroatoms. The summed E-state index contributed by atoms with van der Waals surface area (Å²) in [6.45, 7) is 0. The van der Waals surface area contributed by atoms with E-state index in [2.05, 4.69) is 0 Å². The Hall–Kier alpha value is -2.66. The number of carbonyl (C=O) groups is 2. The summed E-state index contributed by atoms with van der Waals surface area (Å²) in [6.07, 6.45) is 0. The molecule has 1 aromatic carbocycles. The highest BCUT2D eigenvalue weighted by molar-refractivity contribution is 6.01. The summed E-state index contributed by atoms with van der Waals surface area (Å²) in [7, 11) is 0. The quantitative estimate of drug-likeness (QED) is 0.762. The maximum atomic E-state index is 11.5. The maximum absolute atomic E-state index is 11.5. The van der Waals surface area contributed by atoms with Crippen LogP contribution in [-0.4, -0.2) is 16.9 Å². The van der Waals surface area contributed by atoms with E-state index in [1.165, 1.54) is 24.3 Å². The molecule has 1 rings (SSSR count). The second-order valence-electron chi connectivity index (χ2n) is 2.94. The van der Waals surface area contributed by atoms with Gasteiger partial charge >= 0.3 is 5.97 Å². The van der Waals surface area contributed by atoms with Crippen molar-refractivity contribution < 1.29 is 14.7 Å². The van der Waals surface area contributed by atoms with Gasteiger partial charge in [-0.1, -0.05) is 12.1 Å². The third kappa shape index (κ3) is 2.23. The monoisotopic (exact) mass is 214 g/mol. The van der Waals surface area contributed by atoms with Crippen LogP contribution in [0.15, 0.2) is 24.3 Å². The van der Waals surface area contributed by atoms with Crippen molar-refractivity contribution in [3.05, 3.63) is 35.4 Å². The fraction of sp³-hybridized carbons (Fsp3) is 0.0909. The van der Waals surface area contributed by atoms with Crippen molar-refractivity contribution in [3.8, 4) is 12.1 Å². The number of carbonyl (C=O) groups excluding carboxylic acids is 1. The zero-order valence-electron chi connectivity index (χ0n) is 8.04. The topological polar surface area (TPSA) is 102 Å². The maximum Gasteiger partial charge on any atom is 0.335 e. The lowest BCUT2D eigenvalue weighted by Gasteiger charge is -2.00. The Morgan fingerprint density at radius 3 is 1.88 bits per heavy atom. The number of aromatic carboxylic acids is 1. The average Bonchev–Trinajstić information content (AvgIpc) is 2.30. The van der Waals surface area contributed by atoms with Gasteiger partial charge in [0.2, 0.25) is 0 Å². The standard InChI is InChI=1S/C11H6N2O3/c12-5-9(6-13)10(14)7-1-3-8(4-2-7)11(15)16/h1-4,9H,(H,15,16). The fourth-order valence-corrected chi connectivity index (χ4v) is 1.09. The highest BCUT2D eigenvalue weighted by atomic mass is 16.4. The number of ketones is 1. The SMILES string of the molecule is N#CC(C#N)C(=O)c1ccc(C(=O)O)cc1. The van der Waals surface area contributed by atoms with E-state index in [4.69, 9.17) is 15.6 Å². The van der Waals surface area contributed by atoms with Crippen LogP contribution in [0.3, 0.4) is 0 Å². The largest absolute Gasteiger partial charge is 0.478 e. The van der Waals surface area contributed by atoms with E-state index in [0.717, 1.165) is 0 Å². The zero-order valence-corrected chi connectivity index (χ0v) is 8.04. The summed E-state index contributed by atoms with van der Waals surface area (Å²) in [5.74, 6) is -3.08. The summed E-state index contributed by atoms with van der Waals surface area (Å²) in [5.41, 5.74) is 0.195. The van der Waals surface area contributed by atoms with Gasteiger partial charge < -0.3 is 5.11 Å². The van der Waals surface area contributed by atoms with Crippen molar-refractivity contribution in [2.24, 2.45) is 5.92 Å². The van der Waals surface area contributed by atoms with Gasteiger partial charge in [-0.15, -0.1) is 0 Å². The van der Waals surface area contributed by atoms with E-state index in [9.17, 15) is 9.59 Å². The smallest absolute Gasteiger partial charge is 0.335 e. The van der Waals surface area contributed by atoms with Crippen LogP contribution in [0, 0.1) is 28.6 Å². The van der Waals surface area contributed by atoms with E-state index in [0.29, 0.717) is 0 Å². The number of benzene rings is 1. The Bertz CT molecular complexity index is 492. The van der Waals surface area contributed by atoms with E-state index in [1.807, 2.05) is 0 Å². The molecular weight excluding hydrogens is 208 g/mol. The highest BCUT2D eigenvalue weighted by Crippen LogP contribution is 2.10. The van der Waals surface area contributed by atoms with E-state index >= 15 is 0 Å². The van der Waals surface area contributed by atoms with Crippen LogP contribution in [0.4, 0.5) is 0 Å². The van der Waals surface area contributed by atoms with Gasteiger partial charge in [-0.2, -0.15) is 10.5 Å². The molecular formula is C11H6N2O3. The molecule has 0 aliphatic heterocycles. The lowest BCUT2D eigenvalue weighted by molar-refractivity contribution is 0.0696. The Kier molecular flexibility index (Phi) is 3.37. The molecule has 0 aliphatic carbocycles. The minimum absolute atomic E-state index is 0.0435. The van der Waals surface area contributed by atoms with Crippen LogP contribution in [0.1, 0.15) is 20.7 Å². The van der Waals surface area contributed by atoms with Gasteiger partial charge in [0.05, 0.1) is 17.7 Å². The third-order valence-electron chi connectivity index (χ3n) is 1.94. The molecule has 78 valence electrons. The van der Waals surface area contributed by atoms with E-state index < -0.39 is 17.7 Å². The Labute approximate surface area is 91.2 Å². The minimum atomic E-state index is -1.35. The third-order valence-corrected chi connectivity index (χ3v) is 1.94. The first kappa shape index (κ1) is 11.4. The predicted molar refractivity (Wildman–Crippen MR) is 52.4 cm³/mol. The van der Waals surface area contributed by atoms with Crippen molar-refractivity contribution in [3.63, 3.8) is 0 Å². The Morgan fingerprint density at radius 1 is 1.06 bits per heavy atom. The van der Waals surface area contributed by atoms with Gasteiger partial charge in [0.25, 0.3) is 0 Å². The molecule has 16 heavy (non-hydrogen) atoms. The average molecular weight is 214 g/mol. The molecule has 0 saturated heterocycles. The molecule has 0 aromatic heterocycles. The molecule has 0 unspecified atom stereocenters. The van der Waals surface area contributed by atoms with Gasteiger partial charge in [-0.3, -0.25) is 4.79 Å². The molecule has 0 spiro atoms. The molecule has 0 saturated carbocycles. The fourth-order valence-electron chi connectivity index (χ4n) is 1.09. The summed E-state index contributed by atoms with van der Waals surface area (Å²) < 4.78 is 0. The van der Waals surface area contributed by atoms with Crippen LogP contribution < -0.4 is 0 Å². The van der Waals surface area contributed by atoms with Crippen molar-refractivity contribution in [1.82, 2.24) is 0 Å². The molecule has 0 heterocycles. The molecule has 0 aliphatic rings. The summed E-state index contributed by atoms with van der Waals surface area (Å²) in [6, 6.07) is 8.19. The number of hydrogen-bond acceptors (Lipinski definition) is 4. The van der Waals surface area contributed by atoms with Crippen molar-refractivity contribution >= 4 is 11.8 Å². The number of hydrogen-bond donors (Lipinski definition) is 1. The molecule has 0 atom stereocenters. The minimum Gasteiger partial charge on any atom is -0.478 e. The van der Waals surface area contributed by atoms with E-state index in [-0.39, 0.29) is 11.1 Å². The number of carboxylic acids is 1. The van der Waals surface area contributed by atoms with Gasteiger partial charge in [-0.25, -0.2) is 4.79 Å². The van der Waals surface area contributed by atoms with Crippen molar-refractivity contribution in [1.29, 1.82) is 10.5 Å². The number of nitrogens with zero attached hydrogens (tertiary/aromatic N) is 2. The van der Waals surface area contributed by atoms with Crippen LogP contribution in [-0.2, 0) is 0 Å². The molecule has 0 fully saturated rings. The molecule has 0 radical (unpaired) electrons. The number of nitriles is 2. The lowest BCUT2D eigenvalue weighted by atomic mass is 9.99. The molecule has 0 amide bonds. The van der Waals surface area contributed by atoms with Gasteiger partial charge in [0.1, 0.15) is 0 Å². The molecule has 5 nitrogen and oxygen atoms in total. The molecule has 0 bridgehead atoms. The lowest BCUT2D eigenvalue weighted by Crippen LogP contribution is -2.11. The van der Waals surface area contributed by atoms with Crippen LogP contribution in [0.5, 0.6) is 0 Å².